The summed E-state index contributed by atoms with van der Waals surface area (Å²) < 4.78 is 18.2. The third kappa shape index (κ3) is 2.01. The molecule has 80 valence electrons. The lowest BCUT2D eigenvalue weighted by molar-refractivity contribution is -0.144. The van der Waals surface area contributed by atoms with Gasteiger partial charge in [-0.15, -0.1) is 0 Å². The van der Waals surface area contributed by atoms with Crippen LogP contribution in [0.4, 0.5) is 4.39 Å². The summed E-state index contributed by atoms with van der Waals surface area (Å²) >= 11 is 0. The number of esters is 1. The van der Waals surface area contributed by atoms with Crippen molar-refractivity contribution >= 4 is 5.97 Å². The van der Waals surface area contributed by atoms with Crippen molar-refractivity contribution in [3.05, 3.63) is 35.6 Å². The predicted octanol–water partition coefficient (Wildman–Crippen LogP) is 2.49. The van der Waals surface area contributed by atoms with Crippen molar-refractivity contribution in [3.63, 3.8) is 0 Å². The fraction of sp³-hybridized carbons (Fsp3) is 0.417. The van der Waals surface area contributed by atoms with Crippen molar-refractivity contribution in [2.24, 2.45) is 5.92 Å². The Hall–Kier alpha value is -1.38. The fourth-order valence-corrected chi connectivity index (χ4v) is 1.82. The van der Waals surface area contributed by atoms with Gasteiger partial charge in [0, 0.05) is 5.92 Å². The minimum atomic E-state index is -0.228. The molecule has 1 unspecified atom stereocenters. The molecule has 1 aliphatic carbocycles. The van der Waals surface area contributed by atoms with E-state index in [1.165, 1.54) is 6.07 Å². The molecule has 0 aromatic heterocycles. The average molecular weight is 208 g/mol. The van der Waals surface area contributed by atoms with E-state index in [0.29, 0.717) is 18.6 Å². The molecule has 1 fully saturated rings. The van der Waals surface area contributed by atoms with Crippen LogP contribution in [0.3, 0.4) is 0 Å². The molecule has 0 saturated heterocycles. The lowest BCUT2D eigenvalue weighted by atomic mass is 10.1. The number of ether oxygens (including phenoxy) is 1. The van der Waals surface area contributed by atoms with Crippen molar-refractivity contribution in [1.82, 2.24) is 0 Å². The SMILES string of the molecule is CCOC(=O)C1C[C@H]1c1ccccc1F. The Morgan fingerprint density at radius 1 is 1.53 bits per heavy atom. The molecule has 2 atom stereocenters. The van der Waals surface area contributed by atoms with E-state index in [4.69, 9.17) is 4.74 Å². The molecule has 2 nitrogen and oxygen atoms in total. The van der Waals surface area contributed by atoms with Crippen LogP contribution in [0.2, 0.25) is 0 Å². The highest BCUT2D eigenvalue weighted by molar-refractivity contribution is 5.77. The fourth-order valence-electron chi connectivity index (χ4n) is 1.82. The molecule has 0 radical (unpaired) electrons. The van der Waals surface area contributed by atoms with E-state index >= 15 is 0 Å². The first kappa shape index (κ1) is 10.1. The molecule has 0 heterocycles. The van der Waals surface area contributed by atoms with Crippen molar-refractivity contribution in [2.75, 3.05) is 6.61 Å². The molecule has 1 aromatic carbocycles. The summed E-state index contributed by atoms with van der Waals surface area (Å²) in [5, 5.41) is 0. The molecule has 15 heavy (non-hydrogen) atoms. The first-order chi connectivity index (χ1) is 7.24. The first-order valence-corrected chi connectivity index (χ1v) is 5.15. The van der Waals surface area contributed by atoms with Crippen LogP contribution in [-0.2, 0) is 9.53 Å². The summed E-state index contributed by atoms with van der Waals surface area (Å²) in [6.45, 7) is 2.16. The Balaban J connectivity index is 2.05. The van der Waals surface area contributed by atoms with E-state index < -0.39 is 0 Å². The zero-order chi connectivity index (χ0) is 10.8. The Kier molecular flexibility index (Phi) is 2.71. The summed E-state index contributed by atoms with van der Waals surface area (Å²) in [6, 6.07) is 6.61. The number of benzene rings is 1. The molecule has 1 saturated carbocycles. The van der Waals surface area contributed by atoms with Crippen LogP contribution in [0.1, 0.15) is 24.8 Å². The van der Waals surface area contributed by atoms with Crippen molar-refractivity contribution in [1.29, 1.82) is 0 Å². The van der Waals surface area contributed by atoms with Crippen LogP contribution in [-0.4, -0.2) is 12.6 Å². The highest BCUT2D eigenvalue weighted by atomic mass is 19.1. The van der Waals surface area contributed by atoms with Crippen LogP contribution in [0.5, 0.6) is 0 Å². The van der Waals surface area contributed by atoms with E-state index in [-0.39, 0.29) is 23.6 Å². The molecule has 2 rings (SSSR count). The Morgan fingerprint density at radius 2 is 2.27 bits per heavy atom. The molecular weight excluding hydrogens is 195 g/mol. The van der Waals surface area contributed by atoms with Crippen molar-refractivity contribution in [3.8, 4) is 0 Å². The second-order valence-electron chi connectivity index (χ2n) is 3.72. The van der Waals surface area contributed by atoms with Gasteiger partial charge >= 0.3 is 5.97 Å². The number of halogens is 1. The van der Waals surface area contributed by atoms with Gasteiger partial charge in [-0.3, -0.25) is 4.79 Å². The topological polar surface area (TPSA) is 26.3 Å². The molecule has 0 bridgehead atoms. The summed E-state index contributed by atoms with van der Waals surface area (Å²) in [7, 11) is 0. The van der Waals surface area contributed by atoms with E-state index in [1.807, 2.05) is 0 Å². The lowest BCUT2D eigenvalue weighted by Crippen LogP contribution is -2.07. The van der Waals surface area contributed by atoms with Crippen LogP contribution in [0, 0.1) is 11.7 Å². The smallest absolute Gasteiger partial charge is 0.309 e. The quantitative estimate of drug-likeness (QED) is 0.713. The van der Waals surface area contributed by atoms with Crippen molar-refractivity contribution in [2.45, 2.75) is 19.3 Å². The zero-order valence-electron chi connectivity index (χ0n) is 8.57. The maximum atomic E-state index is 13.4. The van der Waals surface area contributed by atoms with Gasteiger partial charge in [-0.2, -0.15) is 0 Å². The van der Waals surface area contributed by atoms with E-state index in [2.05, 4.69) is 0 Å². The second kappa shape index (κ2) is 4.01. The van der Waals surface area contributed by atoms with Crippen molar-refractivity contribution < 1.29 is 13.9 Å². The van der Waals surface area contributed by atoms with Gasteiger partial charge in [-0.1, -0.05) is 18.2 Å². The molecule has 0 spiro atoms. The van der Waals surface area contributed by atoms with Gasteiger partial charge < -0.3 is 4.74 Å². The highest BCUT2D eigenvalue weighted by Gasteiger charge is 2.46. The molecule has 1 aliphatic rings. The van der Waals surface area contributed by atoms with Gasteiger partial charge in [0.2, 0.25) is 0 Å². The van der Waals surface area contributed by atoms with E-state index in [1.54, 1.807) is 25.1 Å². The first-order valence-electron chi connectivity index (χ1n) is 5.15. The minimum absolute atomic E-state index is 0.0187. The number of hydrogen-bond donors (Lipinski definition) is 0. The van der Waals surface area contributed by atoms with Crippen LogP contribution < -0.4 is 0 Å². The van der Waals surface area contributed by atoms with E-state index in [9.17, 15) is 9.18 Å². The van der Waals surface area contributed by atoms with Gasteiger partial charge in [0.05, 0.1) is 12.5 Å². The van der Waals surface area contributed by atoms with Gasteiger partial charge in [-0.25, -0.2) is 4.39 Å². The number of carbonyl (C=O) groups is 1. The van der Waals surface area contributed by atoms with Gasteiger partial charge in [0.25, 0.3) is 0 Å². The Morgan fingerprint density at radius 3 is 2.93 bits per heavy atom. The zero-order valence-corrected chi connectivity index (χ0v) is 8.57. The maximum Gasteiger partial charge on any atom is 0.309 e. The summed E-state index contributed by atoms with van der Waals surface area (Å²) in [5.74, 6) is -0.549. The molecular formula is C12H13FO2. The normalized spacial score (nSPS) is 23.6. The number of hydrogen-bond acceptors (Lipinski definition) is 2. The molecule has 0 aliphatic heterocycles. The Labute approximate surface area is 88.1 Å². The number of rotatable bonds is 3. The molecule has 0 N–H and O–H groups in total. The third-order valence-corrected chi connectivity index (χ3v) is 2.68. The molecule has 0 amide bonds. The average Bonchev–Trinajstić information content (AvgIpc) is 2.98. The summed E-state index contributed by atoms with van der Waals surface area (Å²) in [4.78, 5) is 11.4. The predicted molar refractivity (Wildman–Crippen MR) is 53.9 cm³/mol. The standard InChI is InChI=1S/C12H13FO2/c1-2-15-12(14)10-7-9(10)8-5-3-4-6-11(8)13/h3-6,9-10H,2,7H2,1H3/t9-,10?/m0/s1. The molecule has 3 heteroatoms. The van der Waals surface area contributed by atoms with Gasteiger partial charge in [-0.05, 0) is 25.0 Å². The van der Waals surface area contributed by atoms with Crippen LogP contribution >= 0.6 is 0 Å². The monoisotopic (exact) mass is 208 g/mol. The lowest BCUT2D eigenvalue weighted by Gasteiger charge is -2.02. The van der Waals surface area contributed by atoms with Gasteiger partial charge in [0.1, 0.15) is 5.82 Å². The van der Waals surface area contributed by atoms with Crippen LogP contribution in [0.25, 0.3) is 0 Å². The van der Waals surface area contributed by atoms with Crippen LogP contribution in [0.15, 0.2) is 24.3 Å². The maximum absolute atomic E-state index is 13.4. The third-order valence-electron chi connectivity index (χ3n) is 2.68. The minimum Gasteiger partial charge on any atom is -0.466 e. The molecule has 1 aromatic rings. The van der Waals surface area contributed by atoms with Gasteiger partial charge in [0.15, 0.2) is 0 Å². The number of carbonyl (C=O) groups excluding carboxylic acids is 1. The highest BCUT2D eigenvalue weighted by Crippen LogP contribution is 2.48. The summed E-state index contributed by atoms with van der Waals surface area (Å²) in [6.07, 6.45) is 0.708. The Bertz CT molecular complexity index is 376. The largest absolute Gasteiger partial charge is 0.466 e. The summed E-state index contributed by atoms with van der Waals surface area (Å²) in [5.41, 5.74) is 0.635. The van der Waals surface area contributed by atoms with E-state index in [0.717, 1.165) is 0 Å². The second-order valence-corrected chi connectivity index (χ2v) is 3.72.